The van der Waals surface area contributed by atoms with E-state index in [0.717, 1.165) is 30.9 Å². The Bertz CT molecular complexity index is 420. The normalized spacial score (nSPS) is 10.1. The number of rotatable bonds is 7. The van der Waals surface area contributed by atoms with Crippen molar-refractivity contribution in [2.24, 2.45) is 0 Å². The second-order valence-electron chi connectivity index (χ2n) is 4.27. The molecule has 0 unspecified atom stereocenters. The van der Waals surface area contributed by atoms with Gasteiger partial charge in [0.2, 0.25) is 0 Å². The van der Waals surface area contributed by atoms with Gasteiger partial charge in [-0.15, -0.1) is 0 Å². The van der Waals surface area contributed by atoms with E-state index in [9.17, 15) is 0 Å². The molecule has 0 spiro atoms. The summed E-state index contributed by atoms with van der Waals surface area (Å²) in [6, 6.07) is 7.66. The Balaban J connectivity index is 2.44. The fraction of sp³-hybridized carbons (Fsp3) is 0.500. The third kappa shape index (κ3) is 6.28. The molecule has 0 radical (unpaired) electrons. The van der Waals surface area contributed by atoms with E-state index < -0.39 is 0 Å². The Kier molecular flexibility index (Phi) is 7.72. The third-order valence-corrected chi connectivity index (χ3v) is 2.81. The molecule has 0 aliphatic carbocycles. The van der Waals surface area contributed by atoms with Crippen molar-refractivity contribution < 1.29 is 9.84 Å². The van der Waals surface area contributed by atoms with Crippen LogP contribution in [0.3, 0.4) is 0 Å². The first-order valence-corrected chi connectivity index (χ1v) is 6.85. The molecule has 0 saturated carbocycles. The third-order valence-electron chi connectivity index (χ3n) is 2.81. The topological polar surface area (TPSA) is 32.7 Å². The van der Waals surface area contributed by atoms with Gasteiger partial charge in [-0.25, -0.2) is 0 Å². The van der Waals surface area contributed by atoms with E-state index in [4.69, 9.17) is 9.84 Å². The van der Waals surface area contributed by atoms with Crippen LogP contribution in [0.25, 0.3) is 0 Å². The summed E-state index contributed by atoms with van der Waals surface area (Å²) in [5.74, 6) is 6.34. The molecule has 0 aliphatic rings. The summed E-state index contributed by atoms with van der Waals surface area (Å²) in [5, 5.41) is 8.67. The molecule has 0 aromatic heterocycles. The predicted octanol–water partition coefficient (Wildman–Crippen LogP) is 2.14. The number of hydrogen-bond donors (Lipinski definition) is 1. The van der Waals surface area contributed by atoms with Crippen molar-refractivity contribution in [1.82, 2.24) is 4.90 Å². The molecule has 0 amide bonds. The molecule has 0 aliphatic heterocycles. The summed E-state index contributed by atoms with van der Waals surface area (Å²) in [7, 11) is 0. The van der Waals surface area contributed by atoms with Crippen molar-refractivity contribution >= 4 is 0 Å². The molecule has 0 bridgehead atoms. The lowest BCUT2D eigenvalue weighted by molar-refractivity contribution is 0.216. The van der Waals surface area contributed by atoms with E-state index in [2.05, 4.69) is 30.6 Å². The lowest BCUT2D eigenvalue weighted by Crippen LogP contribution is -2.28. The van der Waals surface area contributed by atoms with E-state index in [1.807, 2.05) is 24.3 Å². The Morgan fingerprint density at radius 3 is 2.79 bits per heavy atom. The highest BCUT2D eigenvalue weighted by Gasteiger charge is 2.01. The Morgan fingerprint density at radius 1 is 1.26 bits per heavy atom. The van der Waals surface area contributed by atoms with Gasteiger partial charge in [-0.3, -0.25) is 0 Å². The van der Waals surface area contributed by atoms with Crippen molar-refractivity contribution in [1.29, 1.82) is 0 Å². The fourth-order valence-corrected chi connectivity index (χ4v) is 1.84. The summed E-state index contributed by atoms with van der Waals surface area (Å²) in [5.41, 5.74) is 0.868. The highest BCUT2D eigenvalue weighted by molar-refractivity contribution is 5.39. The van der Waals surface area contributed by atoms with E-state index in [1.54, 1.807) is 0 Å². The second-order valence-corrected chi connectivity index (χ2v) is 4.27. The molecular weight excluding hydrogens is 238 g/mol. The molecule has 0 heterocycles. The monoisotopic (exact) mass is 261 g/mol. The van der Waals surface area contributed by atoms with Gasteiger partial charge >= 0.3 is 0 Å². The Morgan fingerprint density at radius 2 is 2.11 bits per heavy atom. The molecule has 0 saturated heterocycles. The fourth-order valence-electron chi connectivity index (χ4n) is 1.84. The minimum absolute atomic E-state index is 0.117. The summed E-state index contributed by atoms with van der Waals surface area (Å²) >= 11 is 0. The standard InChI is InChI=1S/C16H23NO2/c1-3-10-17(4-2)11-13-19-16-9-5-7-15(14-16)8-6-12-18/h5,7,9,14,18H,3-4,10-13H2,1-2H3. The quantitative estimate of drug-likeness (QED) is 0.763. The number of likely N-dealkylation sites (N-methyl/N-ethyl adjacent to an activating group) is 1. The molecule has 1 aromatic rings. The summed E-state index contributed by atoms with van der Waals surface area (Å²) in [6.07, 6.45) is 1.17. The largest absolute Gasteiger partial charge is 0.492 e. The zero-order chi connectivity index (χ0) is 13.9. The maximum absolute atomic E-state index is 8.67. The first-order valence-electron chi connectivity index (χ1n) is 6.85. The molecule has 104 valence electrons. The van der Waals surface area contributed by atoms with Crippen LogP contribution in [0.1, 0.15) is 25.8 Å². The van der Waals surface area contributed by atoms with Crippen LogP contribution < -0.4 is 4.74 Å². The molecular formula is C16H23NO2. The number of benzene rings is 1. The van der Waals surface area contributed by atoms with Gasteiger partial charge < -0.3 is 14.7 Å². The van der Waals surface area contributed by atoms with Gasteiger partial charge in [0.05, 0.1) is 0 Å². The lowest BCUT2D eigenvalue weighted by atomic mass is 10.2. The first-order chi connectivity index (χ1) is 9.30. The van der Waals surface area contributed by atoms with Gasteiger partial charge in [-0.05, 0) is 37.7 Å². The van der Waals surface area contributed by atoms with Crippen molar-refractivity contribution in [3.63, 3.8) is 0 Å². The molecule has 3 nitrogen and oxygen atoms in total. The van der Waals surface area contributed by atoms with Crippen molar-refractivity contribution in [3.8, 4) is 17.6 Å². The van der Waals surface area contributed by atoms with Crippen molar-refractivity contribution in [2.45, 2.75) is 20.3 Å². The molecule has 19 heavy (non-hydrogen) atoms. The maximum atomic E-state index is 8.67. The highest BCUT2D eigenvalue weighted by atomic mass is 16.5. The van der Waals surface area contributed by atoms with Gasteiger partial charge in [0.15, 0.2) is 0 Å². The summed E-state index contributed by atoms with van der Waals surface area (Å²) in [6.45, 7) is 8.03. The van der Waals surface area contributed by atoms with Gasteiger partial charge in [-0.1, -0.05) is 31.8 Å². The zero-order valence-electron chi connectivity index (χ0n) is 11.9. The number of aliphatic hydroxyl groups is 1. The van der Waals surface area contributed by atoms with Crippen LogP contribution in [0.15, 0.2) is 24.3 Å². The molecule has 1 aromatic carbocycles. The van der Waals surface area contributed by atoms with Gasteiger partial charge in [0.25, 0.3) is 0 Å². The van der Waals surface area contributed by atoms with E-state index >= 15 is 0 Å². The van der Waals surface area contributed by atoms with Gasteiger partial charge in [0.1, 0.15) is 19.0 Å². The second kappa shape index (κ2) is 9.43. The van der Waals surface area contributed by atoms with E-state index in [-0.39, 0.29) is 6.61 Å². The molecule has 0 atom stereocenters. The zero-order valence-corrected chi connectivity index (χ0v) is 11.9. The molecule has 1 N–H and O–H groups in total. The molecule has 1 rings (SSSR count). The van der Waals surface area contributed by atoms with Crippen LogP contribution >= 0.6 is 0 Å². The van der Waals surface area contributed by atoms with Crippen molar-refractivity contribution in [2.75, 3.05) is 32.8 Å². The number of hydrogen-bond acceptors (Lipinski definition) is 3. The van der Waals surface area contributed by atoms with Crippen LogP contribution in [0.4, 0.5) is 0 Å². The van der Waals surface area contributed by atoms with Crippen LogP contribution in [-0.4, -0.2) is 42.9 Å². The Labute approximate surface area is 116 Å². The highest BCUT2D eigenvalue weighted by Crippen LogP contribution is 2.12. The van der Waals surface area contributed by atoms with Gasteiger partial charge in [-0.2, -0.15) is 0 Å². The summed E-state index contributed by atoms with van der Waals surface area (Å²) in [4.78, 5) is 2.37. The van der Waals surface area contributed by atoms with Crippen LogP contribution in [0.2, 0.25) is 0 Å². The maximum Gasteiger partial charge on any atom is 0.120 e. The summed E-state index contributed by atoms with van der Waals surface area (Å²) < 4.78 is 5.73. The van der Waals surface area contributed by atoms with Crippen molar-refractivity contribution in [3.05, 3.63) is 29.8 Å². The van der Waals surface area contributed by atoms with Crippen LogP contribution in [0, 0.1) is 11.8 Å². The van der Waals surface area contributed by atoms with Crippen LogP contribution in [-0.2, 0) is 0 Å². The van der Waals surface area contributed by atoms with Crippen LogP contribution in [0.5, 0.6) is 5.75 Å². The smallest absolute Gasteiger partial charge is 0.120 e. The lowest BCUT2D eigenvalue weighted by Gasteiger charge is -2.19. The minimum Gasteiger partial charge on any atom is -0.492 e. The average molecular weight is 261 g/mol. The van der Waals surface area contributed by atoms with Gasteiger partial charge in [0, 0.05) is 12.1 Å². The minimum atomic E-state index is -0.117. The SMILES string of the molecule is CCCN(CC)CCOc1cccc(C#CCO)c1. The average Bonchev–Trinajstić information content (AvgIpc) is 2.44. The number of ether oxygens (including phenoxy) is 1. The van der Waals surface area contributed by atoms with E-state index in [0.29, 0.717) is 6.61 Å². The molecule has 0 fully saturated rings. The predicted molar refractivity (Wildman–Crippen MR) is 78.3 cm³/mol. The number of nitrogens with zero attached hydrogens (tertiary/aromatic N) is 1. The van der Waals surface area contributed by atoms with E-state index in [1.165, 1.54) is 6.42 Å². The molecule has 3 heteroatoms. The number of aliphatic hydroxyl groups excluding tert-OH is 1. The Hall–Kier alpha value is -1.50. The first kappa shape index (κ1) is 15.6.